The van der Waals surface area contributed by atoms with Gasteiger partial charge in [-0.05, 0) is 36.4 Å². The quantitative estimate of drug-likeness (QED) is 0.655. The number of hydrogen-bond donors (Lipinski definition) is 2. The maximum absolute atomic E-state index is 11.9. The minimum atomic E-state index is -0.377. The maximum atomic E-state index is 11.9. The van der Waals surface area contributed by atoms with Gasteiger partial charge in [0, 0.05) is 11.1 Å². The molecule has 2 aromatic carbocycles. The molecule has 0 bridgehead atoms. The highest BCUT2D eigenvalue weighted by molar-refractivity contribution is 5.95. The van der Waals surface area contributed by atoms with Crippen LogP contribution in [0.25, 0.3) is 0 Å². The number of para-hydroxylation sites is 1. The van der Waals surface area contributed by atoms with Crippen LogP contribution in [-0.2, 0) is 0 Å². The van der Waals surface area contributed by atoms with E-state index in [4.69, 9.17) is 9.47 Å². The summed E-state index contributed by atoms with van der Waals surface area (Å²) in [5.74, 6) is 0.836. The molecule has 0 aromatic heterocycles. The fourth-order valence-corrected chi connectivity index (χ4v) is 1.85. The lowest BCUT2D eigenvalue weighted by atomic mass is 10.2. The molecule has 114 valence electrons. The topological polar surface area (TPSA) is 80.2 Å². The molecular weight excluding hydrogens is 284 g/mol. The summed E-state index contributed by atoms with van der Waals surface area (Å²) in [5, 5.41) is 13.1. The molecule has 0 atom stereocenters. The van der Waals surface area contributed by atoms with E-state index < -0.39 is 0 Å². The van der Waals surface area contributed by atoms with E-state index in [1.54, 1.807) is 25.3 Å². The Morgan fingerprint density at radius 3 is 2.50 bits per heavy atom. The molecule has 0 spiro atoms. The van der Waals surface area contributed by atoms with E-state index in [-0.39, 0.29) is 11.7 Å². The van der Waals surface area contributed by atoms with Crippen molar-refractivity contribution in [2.75, 3.05) is 14.2 Å². The third-order valence-electron chi connectivity index (χ3n) is 2.93. The Morgan fingerprint density at radius 1 is 1.14 bits per heavy atom. The Morgan fingerprint density at radius 2 is 1.86 bits per heavy atom. The van der Waals surface area contributed by atoms with Crippen molar-refractivity contribution in [3.63, 3.8) is 0 Å². The smallest absolute Gasteiger partial charge is 0.271 e. The fraction of sp³-hybridized carbons (Fsp3) is 0.125. The van der Waals surface area contributed by atoms with Crippen LogP contribution in [0, 0.1) is 0 Å². The van der Waals surface area contributed by atoms with Gasteiger partial charge in [-0.3, -0.25) is 4.79 Å². The third-order valence-corrected chi connectivity index (χ3v) is 2.93. The van der Waals surface area contributed by atoms with Crippen LogP contribution in [0.15, 0.2) is 47.6 Å². The monoisotopic (exact) mass is 300 g/mol. The van der Waals surface area contributed by atoms with Crippen molar-refractivity contribution in [3.05, 3.63) is 53.6 Å². The molecule has 0 heterocycles. The summed E-state index contributed by atoms with van der Waals surface area (Å²) in [7, 11) is 3.08. The number of ether oxygens (including phenoxy) is 2. The summed E-state index contributed by atoms with van der Waals surface area (Å²) in [6.45, 7) is 0. The van der Waals surface area contributed by atoms with E-state index >= 15 is 0 Å². The van der Waals surface area contributed by atoms with E-state index in [9.17, 15) is 9.90 Å². The summed E-state index contributed by atoms with van der Waals surface area (Å²) in [4.78, 5) is 11.9. The van der Waals surface area contributed by atoms with Crippen LogP contribution in [0.5, 0.6) is 17.2 Å². The molecule has 0 radical (unpaired) electrons. The SMILES string of the molecule is COc1cccc(C=NNC(=O)c2ccc(O)cc2)c1OC. The average Bonchev–Trinajstić information content (AvgIpc) is 2.55. The summed E-state index contributed by atoms with van der Waals surface area (Å²) in [5.41, 5.74) is 3.48. The number of benzene rings is 2. The number of carbonyl (C=O) groups is 1. The van der Waals surface area contributed by atoms with E-state index in [0.29, 0.717) is 22.6 Å². The highest BCUT2D eigenvalue weighted by atomic mass is 16.5. The first kappa shape index (κ1) is 15.4. The normalized spacial score (nSPS) is 10.5. The van der Waals surface area contributed by atoms with Crippen LogP contribution in [0.2, 0.25) is 0 Å². The molecule has 0 unspecified atom stereocenters. The van der Waals surface area contributed by atoms with Gasteiger partial charge in [0.25, 0.3) is 5.91 Å². The largest absolute Gasteiger partial charge is 0.508 e. The van der Waals surface area contributed by atoms with Gasteiger partial charge in [-0.25, -0.2) is 5.43 Å². The molecule has 0 fully saturated rings. The molecule has 0 saturated carbocycles. The maximum Gasteiger partial charge on any atom is 0.271 e. The van der Waals surface area contributed by atoms with Crippen LogP contribution in [0.3, 0.4) is 0 Å². The van der Waals surface area contributed by atoms with E-state index in [0.717, 1.165) is 0 Å². The van der Waals surface area contributed by atoms with Crippen molar-refractivity contribution in [3.8, 4) is 17.2 Å². The van der Waals surface area contributed by atoms with Crippen molar-refractivity contribution >= 4 is 12.1 Å². The number of amides is 1. The number of nitrogens with zero attached hydrogens (tertiary/aromatic N) is 1. The van der Waals surface area contributed by atoms with Gasteiger partial charge >= 0.3 is 0 Å². The first-order chi connectivity index (χ1) is 10.7. The zero-order valence-corrected chi connectivity index (χ0v) is 12.2. The van der Waals surface area contributed by atoms with Gasteiger partial charge in [-0.1, -0.05) is 6.07 Å². The Hall–Kier alpha value is -3.02. The standard InChI is InChI=1S/C16H16N2O4/c1-21-14-5-3-4-12(15(14)22-2)10-17-18-16(20)11-6-8-13(19)9-7-11/h3-10,19H,1-2H3,(H,18,20). The summed E-state index contributed by atoms with van der Waals surface area (Å²) in [6, 6.07) is 11.2. The predicted octanol–water partition coefficient (Wildman–Crippen LogP) is 2.17. The highest BCUT2D eigenvalue weighted by Gasteiger charge is 2.08. The Labute approximate surface area is 128 Å². The predicted molar refractivity (Wildman–Crippen MR) is 82.7 cm³/mol. The number of phenols is 1. The van der Waals surface area contributed by atoms with Crippen LogP contribution in [0.1, 0.15) is 15.9 Å². The molecule has 0 aliphatic rings. The second-order valence-corrected chi connectivity index (χ2v) is 4.33. The van der Waals surface area contributed by atoms with Gasteiger partial charge in [0.15, 0.2) is 11.5 Å². The van der Waals surface area contributed by atoms with Gasteiger partial charge in [0.1, 0.15) is 5.75 Å². The van der Waals surface area contributed by atoms with E-state index in [1.165, 1.54) is 37.6 Å². The minimum Gasteiger partial charge on any atom is -0.508 e. The average molecular weight is 300 g/mol. The summed E-state index contributed by atoms with van der Waals surface area (Å²) >= 11 is 0. The molecular formula is C16H16N2O4. The van der Waals surface area contributed by atoms with Gasteiger partial charge < -0.3 is 14.6 Å². The molecule has 2 N–H and O–H groups in total. The molecule has 1 amide bonds. The molecule has 22 heavy (non-hydrogen) atoms. The van der Waals surface area contributed by atoms with Crippen molar-refractivity contribution in [2.45, 2.75) is 0 Å². The summed E-state index contributed by atoms with van der Waals surface area (Å²) < 4.78 is 10.5. The number of rotatable bonds is 5. The van der Waals surface area contributed by atoms with E-state index in [1.807, 2.05) is 0 Å². The molecule has 0 aliphatic heterocycles. The zero-order chi connectivity index (χ0) is 15.9. The molecule has 6 nitrogen and oxygen atoms in total. The Bertz CT molecular complexity index is 681. The first-order valence-corrected chi connectivity index (χ1v) is 6.49. The summed E-state index contributed by atoms with van der Waals surface area (Å²) in [6.07, 6.45) is 1.47. The minimum absolute atomic E-state index is 0.0983. The number of methoxy groups -OCH3 is 2. The molecule has 0 aliphatic carbocycles. The van der Waals surface area contributed by atoms with Crippen LogP contribution >= 0.6 is 0 Å². The van der Waals surface area contributed by atoms with Crippen molar-refractivity contribution in [1.29, 1.82) is 0 Å². The van der Waals surface area contributed by atoms with Gasteiger partial charge in [-0.15, -0.1) is 0 Å². The van der Waals surface area contributed by atoms with Crippen molar-refractivity contribution < 1.29 is 19.4 Å². The van der Waals surface area contributed by atoms with Crippen LogP contribution in [-0.4, -0.2) is 31.4 Å². The number of carbonyl (C=O) groups excluding carboxylic acids is 1. The van der Waals surface area contributed by atoms with Gasteiger partial charge in [-0.2, -0.15) is 5.10 Å². The number of aromatic hydroxyl groups is 1. The third kappa shape index (κ3) is 3.54. The lowest BCUT2D eigenvalue weighted by Gasteiger charge is -2.09. The molecule has 6 heteroatoms. The second-order valence-electron chi connectivity index (χ2n) is 4.33. The molecule has 0 saturated heterocycles. The van der Waals surface area contributed by atoms with Gasteiger partial charge in [0.05, 0.1) is 20.4 Å². The Kier molecular flexibility index (Phi) is 4.98. The van der Waals surface area contributed by atoms with Crippen molar-refractivity contribution in [2.24, 2.45) is 5.10 Å². The number of hydrogen-bond acceptors (Lipinski definition) is 5. The number of hydrazone groups is 1. The van der Waals surface area contributed by atoms with Crippen LogP contribution in [0.4, 0.5) is 0 Å². The van der Waals surface area contributed by atoms with Gasteiger partial charge in [0.2, 0.25) is 0 Å². The van der Waals surface area contributed by atoms with Crippen molar-refractivity contribution in [1.82, 2.24) is 5.43 Å². The lowest BCUT2D eigenvalue weighted by molar-refractivity contribution is 0.0955. The van der Waals surface area contributed by atoms with Crippen LogP contribution < -0.4 is 14.9 Å². The molecule has 2 rings (SSSR count). The first-order valence-electron chi connectivity index (χ1n) is 6.49. The number of nitrogens with one attached hydrogen (secondary N) is 1. The second kappa shape index (κ2) is 7.12. The lowest BCUT2D eigenvalue weighted by Crippen LogP contribution is -2.17. The molecule has 2 aromatic rings. The zero-order valence-electron chi connectivity index (χ0n) is 12.2. The highest BCUT2D eigenvalue weighted by Crippen LogP contribution is 2.29. The fourth-order valence-electron chi connectivity index (χ4n) is 1.85. The number of phenolic OH excluding ortho intramolecular Hbond substituents is 1. The Balaban J connectivity index is 2.09. The van der Waals surface area contributed by atoms with E-state index in [2.05, 4.69) is 10.5 Å².